The third kappa shape index (κ3) is 6.44. The summed E-state index contributed by atoms with van der Waals surface area (Å²) < 4.78 is 0. The molecule has 0 aliphatic heterocycles. The van der Waals surface area contributed by atoms with E-state index < -0.39 is 0 Å². The van der Waals surface area contributed by atoms with Crippen LogP contribution in [0.4, 0.5) is 0 Å². The molecule has 144 valence electrons. The van der Waals surface area contributed by atoms with Crippen LogP contribution in [0.5, 0.6) is 0 Å². The lowest BCUT2D eigenvalue weighted by Gasteiger charge is -2.16. The highest BCUT2D eigenvalue weighted by Crippen LogP contribution is 2.14. The van der Waals surface area contributed by atoms with Gasteiger partial charge in [0.05, 0.1) is 0 Å². The van der Waals surface area contributed by atoms with Gasteiger partial charge in [0.25, 0.3) is 5.91 Å². The second-order valence-corrected chi connectivity index (χ2v) is 6.72. The maximum absolute atomic E-state index is 11.7. The number of guanidine groups is 1. The number of carbonyl (C=O) groups is 1. The molecule has 0 radical (unpaired) electrons. The average molecular weight is 367 g/mol. The van der Waals surface area contributed by atoms with Crippen molar-refractivity contribution in [2.45, 2.75) is 26.2 Å². The van der Waals surface area contributed by atoms with Crippen LogP contribution in [-0.4, -0.2) is 39.1 Å². The third-order valence-electron chi connectivity index (χ3n) is 4.57. The Bertz CT molecular complexity index is 768. The maximum atomic E-state index is 11.7. The Hall–Kier alpha value is -2.82. The molecule has 0 aliphatic carbocycles. The van der Waals surface area contributed by atoms with E-state index in [9.17, 15) is 4.79 Å². The fourth-order valence-electron chi connectivity index (χ4n) is 2.82. The van der Waals surface area contributed by atoms with E-state index in [-0.39, 0.29) is 5.91 Å². The molecule has 2 aromatic carbocycles. The van der Waals surface area contributed by atoms with Gasteiger partial charge in [0.1, 0.15) is 0 Å². The van der Waals surface area contributed by atoms with Gasteiger partial charge >= 0.3 is 0 Å². The first-order valence-electron chi connectivity index (χ1n) is 9.35. The predicted octanol–water partition coefficient (Wildman–Crippen LogP) is 2.87. The number of amides is 1. The van der Waals surface area contributed by atoms with Gasteiger partial charge in [0.2, 0.25) is 0 Å². The molecule has 5 heteroatoms. The number of carbonyl (C=O) groups excluding carboxylic acids is 1. The zero-order valence-electron chi connectivity index (χ0n) is 16.7. The molecule has 0 heterocycles. The van der Waals surface area contributed by atoms with Gasteiger partial charge in [0, 0.05) is 32.7 Å². The Morgan fingerprint density at radius 1 is 1.11 bits per heavy atom. The number of rotatable bonds is 7. The number of nitrogens with one attached hydrogen (secondary N) is 3. The van der Waals surface area contributed by atoms with Crippen LogP contribution in [0.2, 0.25) is 0 Å². The highest BCUT2D eigenvalue weighted by Gasteiger charge is 2.07. The monoisotopic (exact) mass is 366 g/mol. The number of aliphatic imine (C=N–C) groups is 1. The van der Waals surface area contributed by atoms with Crippen molar-refractivity contribution in [3.63, 3.8) is 0 Å². The second kappa shape index (κ2) is 10.4. The zero-order valence-corrected chi connectivity index (χ0v) is 16.7. The normalized spacial score (nSPS) is 12.4. The molecule has 27 heavy (non-hydrogen) atoms. The highest BCUT2D eigenvalue weighted by atomic mass is 16.1. The molecule has 1 atom stereocenters. The molecule has 2 rings (SSSR count). The standard InChI is InChI=1S/C22H30N4O/c1-16-8-10-19(11-9-16)17(2)15-26-22(24-4)25-13-12-18-6-5-7-20(14-18)21(27)23-3/h5-11,14,17H,12-13,15H2,1-4H3,(H,23,27)(H2,24,25,26). The third-order valence-corrected chi connectivity index (χ3v) is 4.57. The first-order chi connectivity index (χ1) is 13.0. The lowest BCUT2D eigenvalue weighted by Crippen LogP contribution is -2.39. The maximum Gasteiger partial charge on any atom is 0.251 e. The Morgan fingerprint density at radius 3 is 2.52 bits per heavy atom. The topological polar surface area (TPSA) is 65.5 Å². The molecule has 0 bridgehead atoms. The van der Waals surface area contributed by atoms with Gasteiger partial charge in [-0.1, -0.05) is 48.9 Å². The number of hydrogen-bond acceptors (Lipinski definition) is 2. The summed E-state index contributed by atoms with van der Waals surface area (Å²) in [7, 11) is 3.42. The van der Waals surface area contributed by atoms with Crippen molar-refractivity contribution in [1.29, 1.82) is 0 Å². The van der Waals surface area contributed by atoms with Gasteiger partial charge in [-0.2, -0.15) is 0 Å². The zero-order chi connectivity index (χ0) is 19.6. The molecule has 5 nitrogen and oxygen atoms in total. The fraction of sp³-hybridized carbons (Fsp3) is 0.364. The van der Waals surface area contributed by atoms with E-state index in [1.807, 2.05) is 24.3 Å². The van der Waals surface area contributed by atoms with Gasteiger partial charge in [0.15, 0.2) is 5.96 Å². The van der Waals surface area contributed by atoms with Crippen LogP contribution in [0.1, 0.15) is 39.9 Å². The smallest absolute Gasteiger partial charge is 0.251 e. The van der Waals surface area contributed by atoms with E-state index in [2.05, 4.69) is 59.1 Å². The van der Waals surface area contributed by atoms with Gasteiger partial charge in [-0.15, -0.1) is 0 Å². The van der Waals surface area contributed by atoms with Gasteiger partial charge in [-0.25, -0.2) is 0 Å². The van der Waals surface area contributed by atoms with Gasteiger partial charge < -0.3 is 16.0 Å². The average Bonchev–Trinajstić information content (AvgIpc) is 2.70. The molecule has 0 aromatic heterocycles. The van der Waals surface area contributed by atoms with Crippen molar-refractivity contribution in [2.75, 3.05) is 27.2 Å². The summed E-state index contributed by atoms with van der Waals surface area (Å²) in [5.41, 5.74) is 4.39. The summed E-state index contributed by atoms with van der Waals surface area (Å²) in [6.45, 7) is 5.86. The Labute approximate surface area is 162 Å². The number of hydrogen-bond donors (Lipinski definition) is 3. The molecule has 0 fully saturated rings. The molecular weight excluding hydrogens is 336 g/mol. The molecule has 3 N–H and O–H groups in total. The summed E-state index contributed by atoms with van der Waals surface area (Å²) in [6.07, 6.45) is 0.819. The number of nitrogens with zero attached hydrogens (tertiary/aromatic N) is 1. The molecule has 0 spiro atoms. The van der Waals surface area contributed by atoms with Crippen molar-refractivity contribution in [2.24, 2.45) is 4.99 Å². The fourth-order valence-corrected chi connectivity index (χ4v) is 2.82. The molecule has 1 unspecified atom stereocenters. The second-order valence-electron chi connectivity index (χ2n) is 6.72. The molecular formula is C22H30N4O. The van der Waals surface area contributed by atoms with E-state index in [1.165, 1.54) is 11.1 Å². The predicted molar refractivity (Wildman–Crippen MR) is 112 cm³/mol. The van der Waals surface area contributed by atoms with Crippen LogP contribution in [0, 0.1) is 6.92 Å². The van der Waals surface area contributed by atoms with Crippen molar-refractivity contribution in [3.05, 3.63) is 70.8 Å². The molecule has 0 saturated heterocycles. The Balaban J connectivity index is 1.80. The molecule has 0 aliphatic rings. The summed E-state index contributed by atoms with van der Waals surface area (Å²) >= 11 is 0. The Kier molecular flexibility index (Phi) is 7.86. The van der Waals surface area contributed by atoms with E-state index in [0.29, 0.717) is 11.5 Å². The van der Waals surface area contributed by atoms with Crippen molar-refractivity contribution < 1.29 is 4.79 Å². The lowest BCUT2D eigenvalue weighted by atomic mass is 10.0. The molecule has 2 aromatic rings. The minimum atomic E-state index is -0.0626. The van der Waals surface area contributed by atoms with Crippen LogP contribution < -0.4 is 16.0 Å². The number of aryl methyl sites for hydroxylation is 1. The largest absolute Gasteiger partial charge is 0.356 e. The first-order valence-corrected chi connectivity index (χ1v) is 9.35. The minimum absolute atomic E-state index is 0.0626. The van der Waals surface area contributed by atoms with Crippen molar-refractivity contribution in [3.8, 4) is 0 Å². The summed E-state index contributed by atoms with van der Waals surface area (Å²) in [4.78, 5) is 16.0. The van der Waals surface area contributed by atoms with Crippen LogP contribution in [-0.2, 0) is 6.42 Å². The van der Waals surface area contributed by atoms with Crippen LogP contribution >= 0.6 is 0 Å². The van der Waals surface area contributed by atoms with Crippen molar-refractivity contribution in [1.82, 2.24) is 16.0 Å². The van der Waals surface area contributed by atoms with Crippen LogP contribution in [0.15, 0.2) is 53.5 Å². The van der Waals surface area contributed by atoms with Gasteiger partial charge in [-0.05, 0) is 42.5 Å². The van der Waals surface area contributed by atoms with E-state index >= 15 is 0 Å². The first kappa shape index (κ1) is 20.5. The SMILES string of the molecule is CN=C(NCCc1cccc(C(=O)NC)c1)NCC(C)c1ccc(C)cc1. The van der Waals surface area contributed by atoms with Crippen molar-refractivity contribution >= 4 is 11.9 Å². The van der Waals surface area contributed by atoms with E-state index in [1.54, 1.807) is 14.1 Å². The van der Waals surface area contributed by atoms with E-state index in [4.69, 9.17) is 0 Å². The minimum Gasteiger partial charge on any atom is -0.356 e. The van der Waals surface area contributed by atoms with E-state index in [0.717, 1.165) is 31.0 Å². The Morgan fingerprint density at radius 2 is 1.85 bits per heavy atom. The summed E-state index contributed by atoms with van der Waals surface area (Å²) in [5, 5.41) is 9.37. The molecule has 0 saturated carbocycles. The molecule has 1 amide bonds. The van der Waals surface area contributed by atoms with Crippen LogP contribution in [0.25, 0.3) is 0 Å². The number of benzene rings is 2. The lowest BCUT2D eigenvalue weighted by molar-refractivity contribution is 0.0963. The highest BCUT2D eigenvalue weighted by molar-refractivity contribution is 5.94. The van der Waals surface area contributed by atoms with Gasteiger partial charge in [-0.3, -0.25) is 9.79 Å². The quantitative estimate of drug-likeness (QED) is 0.521. The summed E-state index contributed by atoms with van der Waals surface area (Å²) in [5.74, 6) is 1.12. The van der Waals surface area contributed by atoms with Crippen LogP contribution in [0.3, 0.4) is 0 Å². The summed E-state index contributed by atoms with van der Waals surface area (Å²) in [6, 6.07) is 16.3.